The third-order valence-corrected chi connectivity index (χ3v) is 15.0. The lowest BCUT2D eigenvalue weighted by Gasteiger charge is -2.28. The average molecular weight is 812 g/mol. The summed E-state index contributed by atoms with van der Waals surface area (Å²) >= 11 is 1.87. The van der Waals surface area contributed by atoms with Crippen LogP contribution < -0.4 is 4.90 Å². The molecule has 0 N–H and O–H groups in total. The summed E-state index contributed by atoms with van der Waals surface area (Å²) in [6, 6.07) is 74.7. The van der Waals surface area contributed by atoms with Crippen molar-refractivity contribution in [2.75, 3.05) is 4.90 Å². The summed E-state index contributed by atoms with van der Waals surface area (Å²) in [5.41, 5.74) is 21.6. The van der Waals surface area contributed by atoms with Crippen molar-refractivity contribution >= 4 is 48.6 Å². The Balaban J connectivity index is 0.939. The molecular formula is C60H45NS. The Morgan fingerprint density at radius 2 is 0.839 bits per heavy atom. The molecule has 9 aromatic carbocycles. The molecule has 1 aromatic heterocycles. The molecule has 0 aliphatic heterocycles. The van der Waals surface area contributed by atoms with E-state index in [1.165, 1.54) is 98.1 Å². The van der Waals surface area contributed by atoms with Gasteiger partial charge >= 0.3 is 0 Å². The molecule has 62 heavy (non-hydrogen) atoms. The zero-order valence-corrected chi connectivity index (χ0v) is 36.2. The van der Waals surface area contributed by atoms with Crippen molar-refractivity contribution in [3.8, 4) is 55.6 Å². The number of rotatable bonds is 6. The molecule has 0 saturated heterocycles. The van der Waals surface area contributed by atoms with Gasteiger partial charge in [-0.1, -0.05) is 167 Å². The standard InChI is InChI=1S/C60H45NS/c1-59(2)52-18-10-8-15-47(52)48-33-31-45(37-55(48)59)61(44-29-23-40(24-30-44)46-17-12-20-57-58(46)50-16-9-11-19-56(50)62-57)43-27-21-39(22-28-43)41-26-34-53-51(35-41)49-32-25-42(36-54(49)60(53,3)4)38-13-6-5-7-14-38/h5-37H,1-4H3. The van der Waals surface area contributed by atoms with E-state index in [4.69, 9.17) is 0 Å². The molecule has 0 unspecified atom stereocenters. The van der Waals surface area contributed by atoms with E-state index in [1.807, 2.05) is 11.3 Å². The second-order valence-electron chi connectivity index (χ2n) is 18.1. The van der Waals surface area contributed by atoms with Gasteiger partial charge in [0.15, 0.2) is 0 Å². The van der Waals surface area contributed by atoms with Crippen molar-refractivity contribution in [2.24, 2.45) is 0 Å². The maximum absolute atomic E-state index is 2.43. The first-order chi connectivity index (χ1) is 30.2. The summed E-state index contributed by atoms with van der Waals surface area (Å²) in [7, 11) is 0. The number of thiophene rings is 1. The van der Waals surface area contributed by atoms with E-state index in [-0.39, 0.29) is 10.8 Å². The Kier molecular flexibility index (Phi) is 8.17. The molecule has 0 bridgehead atoms. The van der Waals surface area contributed by atoms with Crippen molar-refractivity contribution in [1.29, 1.82) is 0 Å². The molecule has 12 rings (SSSR count). The van der Waals surface area contributed by atoms with Crippen LogP contribution in [-0.4, -0.2) is 0 Å². The third kappa shape index (κ3) is 5.60. The van der Waals surface area contributed by atoms with Crippen LogP contribution in [0.25, 0.3) is 75.8 Å². The molecule has 296 valence electrons. The van der Waals surface area contributed by atoms with E-state index in [0.29, 0.717) is 0 Å². The van der Waals surface area contributed by atoms with Crippen LogP contribution in [0, 0.1) is 0 Å². The highest BCUT2D eigenvalue weighted by Gasteiger charge is 2.37. The zero-order chi connectivity index (χ0) is 41.7. The molecule has 0 radical (unpaired) electrons. The number of benzene rings is 9. The van der Waals surface area contributed by atoms with Crippen LogP contribution in [0.4, 0.5) is 17.1 Å². The summed E-state index contributed by atoms with van der Waals surface area (Å²) in [4.78, 5) is 2.43. The molecule has 0 amide bonds. The summed E-state index contributed by atoms with van der Waals surface area (Å²) < 4.78 is 2.65. The highest BCUT2D eigenvalue weighted by molar-refractivity contribution is 7.25. The van der Waals surface area contributed by atoms with Crippen molar-refractivity contribution in [3.05, 3.63) is 222 Å². The summed E-state index contributed by atoms with van der Waals surface area (Å²) in [5, 5.41) is 2.66. The van der Waals surface area contributed by atoms with Crippen LogP contribution in [0.3, 0.4) is 0 Å². The van der Waals surface area contributed by atoms with Gasteiger partial charge in [-0.3, -0.25) is 0 Å². The molecule has 0 atom stereocenters. The van der Waals surface area contributed by atoms with Gasteiger partial charge in [0.05, 0.1) is 0 Å². The Morgan fingerprint density at radius 1 is 0.323 bits per heavy atom. The van der Waals surface area contributed by atoms with E-state index in [2.05, 4.69) is 233 Å². The third-order valence-electron chi connectivity index (χ3n) is 13.9. The number of fused-ring (bicyclic) bond motifs is 9. The van der Waals surface area contributed by atoms with E-state index in [0.717, 1.165) is 17.1 Å². The Hall–Kier alpha value is -7.00. The number of nitrogens with zero attached hydrogens (tertiary/aromatic N) is 1. The van der Waals surface area contributed by atoms with Crippen LogP contribution in [0.15, 0.2) is 200 Å². The summed E-state index contributed by atoms with van der Waals surface area (Å²) in [5.74, 6) is 0. The second-order valence-corrected chi connectivity index (χ2v) is 19.2. The van der Waals surface area contributed by atoms with Crippen LogP contribution in [-0.2, 0) is 10.8 Å². The molecule has 1 heterocycles. The minimum Gasteiger partial charge on any atom is -0.310 e. The lowest BCUT2D eigenvalue weighted by molar-refractivity contribution is 0.660. The highest BCUT2D eigenvalue weighted by atomic mass is 32.1. The van der Waals surface area contributed by atoms with Crippen LogP contribution in [0.1, 0.15) is 49.9 Å². The lowest BCUT2D eigenvalue weighted by Crippen LogP contribution is -2.16. The first-order valence-electron chi connectivity index (χ1n) is 21.7. The first kappa shape index (κ1) is 36.8. The molecule has 2 heteroatoms. The second kappa shape index (κ2) is 13.8. The van der Waals surface area contributed by atoms with E-state index in [9.17, 15) is 0 Å². The molecule has 1 nitrogen and oxygen atoms in total. The van der Waals surface area contributed by atoms with Gasteiger partial charge in [-0.2, -0.15) is 0 Å². The molecule has 2 aliphatic carbocycles. The fourth-order valence-corrected chi connectivity index (χ4v) is 11.8. The van der Waals surface area contributed by atoms with E-state index in [1.54, 1.807) is 0 Å². The predicted molar refractivity (Wildman–Crippen MR) is 265 cm³/mol. The SMILES string of the molecule is CC1(C)c2ccc(-c3ccc(N(c4ccc(-c5cccc6sc7ccccc7c56)cc4)c4ccc5c(c4)C(C)(C)c4ccccc4-5)cc3)cc2-c2ccc(-c3ccccc3)cc21. The van der Waals surface area contributed by atoms with Crippen molar-refractivity contribution in [1.82, 2.24) is 0 Å². The van der Waals surface area contributed by atoms with Gasteiger partial charge in [-0.15, -0.1) is 11.3 Å². The Morgan fingerprint density at radius 3 is 1.63 bits per heavy atom. The normalized spacial score (nSPS) is 14.1. The maximum atomic E-state index is 2.43. The highest BCUT2D eigenvalue weighted by Crippen LogP contribution is 2.53. The number of anilines is 3. The molecule has 0 saturated carbocycles. The van der Waals surface area contributed by atoms with Crippen LogP contribution in [0.2, 0.25) is 0 Å². The molecular weight excluding hydrogens is 767 g/mol. The van der Waals surface area contributed by atoms with Gasteiger partial charge in [-0.05, 0) is 139 Å². The fourth-order valence-electron chi connectivity index (χ4n) is 10.6. The Labute approximate surface area is 368 Å². The van der Waals surface area contributed by atoms with Crippen LogP contribution >= 0.6 is 11.3 Å². The van der Waals surface area contributed by atoms with Gasteiger partial charge in [-0.25, -0.2) is 0 Å². The van der Waals surface area contributed by atoms with Gasteiger partial charge < -0.3 is 4.90 Å². The van der Waals surface area contributed by atoms with Gasteiger partial charge in [0.2, 0.25) is 0 Å². The molecule has 0 fully saturated rings. The smallest absolute Gasteiger partial charge is 0.0465 e. The minimum absolute atomic E-state index is 0.0797. The summed E-state index contributed by atoms with van der Waals surface area (Å²) in [6.07, 6.45) is 0. The lowest BCUT2D eigenvalue weighted by atomic mass is 9.81. The number of hydrogen-bond acceptors (Lipinski definition) is 2. The Bertz CT molecular complexity index is 3390. The largest absolute Gasteiger partial charge is 0.310 e. The molecule has 2 aliphatic rings. The summed E-state index contributed by atoms with van der Waals surface area (Å²) in [6.45, 7) is 9.46. The molecule has 10 aromatic rings. The topological polar surface area (TPSA) is 3.24 Å². The zero-order valence-electron chi connectivity index (χ0n) is 35.4. The minimum atomic E-state index is -0.104. The predicted octanol–water partition coefficient (Wildman–Crippen LogP) is 17.1. The van der Waals surface area contributed by atoms with Crippen molar-refractivity contribution < 1.29 is 0 Å². The van der Waals surface area contributed by atoms with Gasteiger partial charge in [0, 0.05) is 48.1 Å². The fraction of sp³-hybridized carbons (Fsp3) is 0.100. The van der Waals surface area contributed by atoms with E-state index < -0.39 is 0 Å². The van der Waals surface area contributed by atoms with Gasteiger partial charge in [0.25, 0.3) is 0 Å². The average Bonchev–Trinajstić information content (AvgIpc) is 3.89. The van der Waals surface area contributed by atoms with Crippen LogP contribution in [0.5, 0.6) is 0 Å². The van der Waals surface area contributed by atoms with E-state index >= 15 is 0 Å². The quantitative estimate of drug-likeness (QED) is 0.162. The van der Waals surface area contributed by atoms with Gasteiger partial charge in [0.1, 0.15) is 0 Å². The maximum Gasteiger partial charge on any atom is 0.0465 e. The van der Waals surface area contributed by atoms with Crippen molar-refractivity contribution in [3.63, 3.8) is 0 Å². The first-order valence-corrected chi connectivity index (χ1v) is 22.6. The number of hydrogen-bond donors (Lipinski definition) is 0. The van der Waals surface area contributed by atoms with Crippen molar-refractivity contribution in [2.45, 2.75) is 38.5 Å². The molecule has 0 spiro atoms. The monoisotopic (exact) mass is 811 g/mol.